The third kappa shape index (κ3) is 10.4. The summed E-state index contributed by atoms with van der Waals surface area (Å²) >= 11 is 0. The van der Waals surface area contributed by atoms with Crippen LogP contribution >= 0.6 is 0 Å². The normalized spacial score (nSPS) is 28.6. The van der Waals surface area contributed by atoms with Gasteiger partial charge in [-0.3, -0.25) is 4.79 Å². The minimum atomic E-state index is -0.936. The third-order valence-electron chi connectivity index (χ3n) is 10.7. The molecule has 2 saturated heterocycles. The van der Waals surface area contributed by atoms with E-state index in [1.165, 1.54) is 17.0 Å². The highest BCUT2D eigenvalue weighted by Crippen LogP contribution is 2.32. The van der Waals surface area contributed by atoms with Crippen LogP contribution in [0.25, 0.3) is 6.08 Å². The van der Waals surface area contributed by atoms with E-state index in [1.54, 1.807) is 0 Å². The molecular formula is C38H58FN5O6. The number of urea groups is 1. The number of piperidine rings is 1. The van der Waals surface area contributed by atoms with Crippen LogP contribution in [-0.4, -0.2) is 121 Å². The molecule has 0 bridgehead atoms. The van der Waals surface area contributed by atoms with Crippen molar-refractivity contribution in [3.8, 4) is 0 Å². The van der Waals surface area contributed by atoms with E-state index in [9.17, 15) is 24.6 Å². The molecule has 3 aliphatic rings. The maximum Gasteiger partial charge on any atom is 0.407 e. The van der Waals surface area contributed by atoms with E-state index in [2.05, 4.69) is 28.1 Å². The van der Waals surface area contributed by atoms with E-state index in [-0.39, 0.29) is 48.1 Å². The summed E-state index contributed by atoms with van der Waals surface area (Å²) < 4.78 is 21.1. The van der Waals surface area contributed by atoms with Crippen molar-refractivity contribution in [2.75, 3.05) is 58.3 Å². The fraction of sp³-hybridized carbons (Fsp3) is 0.658. The van der Waals surface area contributed by atoms with Gasteiger partial charge in [-0.15, -0.1) is 0 Å². The standard InChI is InChI=1S/C38H58FN5O6/c1-7-14-40-37(47)43-15-12-30(13-16-43)42(6)31-21-28(20-29(39)22-31)19-27(4)36-26(3)9-11-33(25(2)8-10-32(45)23-35(46)50-36)34-24-41(5)17-18-44(34)38(48)49/h9,11,19-22,25-26,30,32-34,36,45H,7-8,10,12-18,23-24H2,1-6H3,(H,40,47)(H,48,49)/b11-9+,27-19+/t25-,26+,32+,33+,34?,36+/m1/s1. The minimum absolute atomic E-state index is 0.0403. The van der Waals surface area contributed by atoms with Gasteiger partial charge in [0.05, 0.1) is 18.6 Å². The Labute approximate surface area is 297 Å². The van der Waals surface area contributed by atoms with Crippen LogP contribution in [0.1, 0.15) is 71.8 Å². The van der Waals surface area contributed by atoms with E-state index in [0.29, 0.717) is 57.7 Å². The number of benzene rings is 1. The highest BCUT2D eigenvalue weighted by molar-refractivity contribution is 5.74. The Bertz CT molecular complexity index is 1380. The Morgan fingerprint density at radius 2 is 1.80 bits per heavy atom. The predicted octanol–water partition coefficient (Wildman–Crippen LogP) is 5.44. The van der Waals surface area contributed by atoms with Gasteiger partial charge in [-0.05, 0) is 81.3 Å². The van der Waals surface area contributed by atoms with Crippen molar-refractivity contribution in [3.05, 3.63) is 47.3 Å². The fourth-order valence-corrected chi connectivity index (χ4v) is 7.61. The third-order valence-corrected chi connectivity index (χ3v) is 10.7. The summed E-state index contributed by atoms with van der Waals surface area (Å²) in [5.74, 6) is -1.21. The number of likely N-dealkylation sites (tertiary alicyclic amines) is 1. The number of esters is 1. The van der Waals surface area contributed by atoms with Crippen LogP contribution < -0.4 is 10.2 Å². The molecule has 2 fully saturated rings. The summed E-state index contributed by atoms with van der Waals surface area (Å²) in [6, 6.07) is 4.75. The molecule has 3 amide bonds. The largest absolute Gasteiger partial charge is 0.465 e. The van der Waals surface area contributed by atoms with Crippen LogP contribution in [0.2, 0.25) is 0 Å². The number of likely N-dealkylation sites (N-methyl/N-ethyl adjacent to an activating group) is 1. The number of ether oxygens (including phenoxy) is 1. The summed E-state index contributed by atoms with van der Waals surface area (Å²) in [5, 5.41) is 23.7. The van der Waals surface area contributed by atoms with Crippen molar-refractivity contribution in [1.82, 2.24) is 20.0 Å². The molecule has 6 atom stereocenters. The van der Waals surface area contributed by atoms with Crippen LogP contribution in [0, 0.1) is 23.6 Å². The number of nitrogens with zero attached hydrogens (tertiary/aromatic N) is 4. The zero-order valence-electron chi connectivity index (χ0n) is 30.7. The Morgan fingerprint density at radius 1 is 1.08 bits per heavy atom. The second kappa shape index (κ2) is 18.0. The first-order valence-corrected chi connectivity index (χ1v) is 18.3. The van der Waals surface area contributed by atoms with Crippen LogP contribution in [0.15, 0.2) is 35.9 Å². The summed E-state index contributed by atoms with van der Waals surface area (Å²) in [7, 11) is 3.95. The van der Waals surface area contributed by atoms with Crippen molar-refractivity contribution in [1.29, 1.82) is 0 Å². The van der Waals surface area contributed by atoms with Gasteiger partial charge < -0.3 is 39.9 Å². The predicted molar refractivity (Wildman–Crippen MR) is 193 cm³/mol. The number of aliphatic hydroxyl groups excluding tert-OH is 1. The number of halogens is 1. The van der Waals surface area contributed by atoms with Gasteiger partial charge in [0, 0.05) is 69.9 Å². The average Bonchev–Trinajstić information content (AvgIpc) is 3.07. The summed E-state index contributed by atoms with van der Waals surface area (Å²) in [6.45, 7) is 11.5. The lowest BCUT2D eigenvalue weighted by Crippen LogP contribution is -2.57. The van der Waals surface area contributed by atoms with Gasteiger partial charge in [0.2, 0.25) is 0 Å². The number of rotatable bonds is 7. The highest BCUT2D eigenvalue weighted by Gasteiger charge is 2.37. The van der Waals surface area contributed by atoms with E-state index in [1.807, 2.05) is 58.0 Å². The van der Waals surface area contributed by atoms with Gasteiger partial charge in [-0.25, -0.2) is 14.0 Å². The van der Waals surface area contributed by atoms with Crippen molar-refractivity contribution < 1.29 is 33.7 Å². The zero-order chi connectivity index (χ0) is 36.5. The van der Waals surface area contributed by atoms with Gasteiger partial charge in [0.25, 0.3) is 0 Å². The van der Waals surface area contributed by atoms with Crippen molar-refractivity contribution in [3.63, 3.8) is 0 Å². The SMILES string of the molecule is CCCNC(=O)N1CCC(N(C)c2cc(F)cc(/C=C(\C)[C@H]3OC(=O)C[C@@H](O)CC[C@@H](C)[C@@H](C4CN(C)CCN4C(=O)O)/C=C/[C@@H]3C)c2)CC1. The van der Waals surface area contributed by atoms with Crippen molar-refractivity contribution in [2.24, 2.45) is 17.8 Å². The smallest absolute Gasteiger partial charge is 0.407 e. The topological polar surface area (TPSA) is 126 Å². The molecule has 11 nitrogen and oxygen atoms in total. The molecule has 50 heavy (non-hydrogen) atoms. The first-order valence-electron chi connectivity index (χ1n) is 18.3. The molecule has 1 aromatic rings. The summed E-state index contributed by atoms with van der Waals surface area (Å²) in [5.41, 5.74) is 2.08. The molecule has 0 spiro atoms. The molecule has 12 heteroatoms. The van der Waals surface area contributed by atoms with E-state index in [0.717, 1.165) is 30.5 Å². The van der Waals surface area contributed by atoms with Gasteiger partial charge in [-0.2, -0.15) is 0 Å². The monoisotopic (exact) mass is 699 g/mol. The van der Waals surface area contributed by atoms with Crippen LogP contribution in [-0.2, 0) is 9.53 Å². The van der Waals surface area contributed by atoms with E-state index >= 15 is 4.39 Å². The lowest BCUT2D eigenvalue weighted by atomic mass is 9.80. The van der Waals surface area contributed by atoms with Crippen molar-refractivity contribution in [2.45, 2.75) is 90.5 Å². The second-order valence-corrected chi connectivity index (χ2v) is 14.6. The molecule has 1 unspecified atom stereocenters. The summed E-state index contributed by atoms with van der Waals surface area (Å²) in [6.07, 6.45) is 6.75. The van der Waals surface area contributed by atoms with Gasteiger partial charge in [0.1, 0.15) is 11.9 Å². The number of aliphatic hydroxyl groups is 1. The number of hydrogen-bond acceptors (Lipinski definition) is 7. The Kier molecular flexibility index (Phi) is 14.1. The lowest BCUT2D eigenvalue weighted by Gasteiger charge is -2.43. The molecule has 278 valence electrons. The Morgan fingerprint density at radius 3 is 2.48 bits per heavy atom. The number of nitrogens with one attached hydrogen (secondary N) is 1. The highest BCUT2D eigenvalue weighted by atomic mass is 19.1. The molecular weight excluding hydrogens is 641 g/mol. The molecule has 0 saturated carbocycles. The maximum atomic E-state index is 15.1. The van der Waals surface area contributed by atoms with Crippen LogP contribution in [0.5, 0.6) is 0 Å². The van der Waals surface area contributed by atoms with Gasteiger partial charge >= 0.3 is 18.1 Å². The molecule has 3 aliphatic heterocycles. The number of carbonyl (C=O) groups excluding carboxylic acids is 2. The number of cyclic esters (lactones) is 1. The molecule has 1 aromatic carbocycles. The molecule has 0 aliphatic carbocycles. The van der Waals surface area contributed by atoms with Crippen LogP contribution in [0.3, 0.4) is 0 Å². The minimum Gasteiger partial charge on any atom is -0.465 e. The zero-order valence-corrected chi connectivity index (χ0v) is 30.7. The van der Waals surface area contributed by atoms with E-state index in [4.69, 9.17) is 4.74 Å². The average molecular weight is 700 g/mol. The molecule has 3 N–H and O–H groups in total. The maximum absolute atomic E-state index is 15.1. The van der Waals surface area contributed by atoms with Gasteiger partial charge in [0.15, 0.2) is 0 Å². The fourth-order valence-electron chi connectivity index (χ4n) is 7.61. The number of hydrogen-bond donors (Lipinski definition) is 3. The number of piperazine rings is 1. The molecule has 0 radical (unpaired) electrons. The number of carbonyl (C=O) groups is 3. The molecule has 0 aromatic heterocycles. The first-order chi connectivity index (χ1) is 23.8. The quantitative estimate of drug-likeness (QED) is 0.254. The molecule has 3 heterocycles. The number of anilines is 1. The van der Waals surface area contributed by atoms with Crippen LogP contribution in [0.4, 0.5) is 19.7 Å². The van der Waals surface area contributed by atoms with Gasteiger partial charge in [-0.1, -0.05) is 39.0 Å². The summed E-state index contributed by atoms with van der Waals surface area (Å²) in [4.78, 5) is 45.3. The lowest BCUT2D eigenvalue weighted by molar-refractivity contribution is -0.151. The second-order valence-electron chi connectivity index (χ2n) is 14.6. The number of carboxylic acid groups (broad SMARTS) is 1. The molecule has 4 rings (SSSR count). The van der Waals surface area contributed by atoms with E-state index < -0.39 is 24.3 Å². The Balaban J connectivity index is 1.57. The number of amides is 3. The van der Waals surface area contributed by atoms with Crippen molar-refractivity contribution >= 4 is 29.9 Å². The Hall–Kier alpha value is -3.64. The first kappa shape index (κ1) is 39.2.